The van der Waals surface area contributed by atoms with Crippen LogP contribution in [0.5, 0.6) is 17.2 Å². The first-order valence-corrected chi connectivity index (χ1v) is 8.84. The highest BCUT2D eigenvalue weighted by Crippen LogP contribution is 2.32. The SMILES string of the molecule is COc1ccc(COc2cc(-c3ccn(CC4CO4)n3)ccc2OC)cc1. The fraction of sp³-hybridized carbons (Fsp3) is 0.286. The Morgan fingerprint density at radius 3 is 2.56 bits per heavy atom. The molecule has 2 heterocycles. The second kappa shape index (κ2) is 7.72. The maximum absolute atomic E-state index is 6.01. The minimum atomic E-state index is 0.303. The summed E-state index contributed by atoms with van der Waals surface area (Å²) in [6.07, 6.45) is 2.27. The van der Waals surface area contributed by atoms with E-state index in [1.54, 1.807) is 14.2 Å². The van der Waals surface area contributed by atoms with Crippen molar-refractivity contribution in [2.45, 2.75) is 19.3 Å². The van der Waals surface area contributed by atoms with Crippen LogP contribution in [-0.2, 0) is 17.9 Å². The van der Waals surface area contributed by atoms with Crippen LogP contribution in [0.2, 0.25) is 0 Å². The molecular formula is C21H22N2O4. The third-order valence-corrected chi connectivity index (χ3v) is 4.45. The molecule has 0 bridgehead atoms. The number of epoxide rings is 1. The van der Waals surface area contributed by atoms with E-state index >= 15 is 0 Å². The van der Waals surface area contributed by atoms with Crippen molar-refractivity contribution in [3.8, 4) is 28.5 Å². The Balaban J connectivity index is 1.50. The topological polar surface area (TPSA) is 58.0 Å². The quantitative estimate of drug-likeness (QED) is 0.571. The highest BCUT2D eigenvalue weighted by atomic mass is 16.6. The van der Waals surface area contributed by atoms with Crippen molar-refractivity contribution < 1.29 is 18.9 Å². The predicted octanol–water partition coefficient (Wildman–Crippen LogP) is 3.55. The summed E-state index contributed by atoms with van der Waals surface area (Å²) in [6, 6.07) is 15.7. The summed E-state index contributed by atoms with van der Waals surface area (Å²) in [6.45, 7) is 2.05. The third-order valence-electron chi connectivity index (χ3n) is 4.45. The zero-order valence-electron chi connectivity index (χ0n) is 15.4. The van der Waals surface area contributed by atoms with E-state index in [2.05, 4.69) is 5.10 Å². The molecule has 1 aromatic heterocycles. The highest BCUT2D eigenvalue weighted by Gasteiger charge is 2.23. The highest BCUT2D eigenvalue weighted by molar-refractivity contribution is 5.63. The summed E-state index contributed by atoms with van der Waals surface area (Å²) in [5.74, 6) is 2.20. The van der Waals surface area contributed by atoms with Crippen LogP contribution in [0, 0.1) is 0 Å². The van der Waals surface area contributed by atoms with E-state index in [0.717, 1.165) is 35.7 Å². The van der Waals surface area contributed by atoms with Crippen molar-refractivity contribution in [2.24, 2.45) is 0 Å². The van der Waals surface area contributed by atoms with Gasteiger partial charge >= 0.3 is 0 Å². The van der Waals surface area contributed by atoms with E-state index in [1.165, 1.54) is 0 Å². The van der Waals surface area contributed by atoms with Crippen LogP contribution in [0.4, 0.5) is 0 Å². The Hall–Kier alpha value is -2.99. The lowest BCUT2D eigenvalue weighted by molar-refractivity contribution is 0.284. The van der Waals surface area contributed by atoms with Crippen molar-refractivity contribution in [3.05, 3.63) is 60.3 Å². The average Bonchev–Trinajstić information content (AvgIpc) is 3.41. The van der Waals surface area contributed by atoms with Gasteiger partial charge in [0, 0.05) is 11.8 Å². The van der Waals surface area contributed by atoms with E-state index < -0.39 is 0 Å². The summed E-state index contributed by atoms with van der Waals surface area (Å²) in [4.78, 5) is 0. The molecule has 1 aliphatic heterocycles. The Morgan fingerprint density at radius 1 is 1.04 bits per heavy atom. The monoisotopic (exact) mass is 366 g/mol. The molecule has 1 aliphatic rings. The molecule has 0 radical (unpaired) electrons. The Labute approximate surface area is 158 Å². The van der Waals surface area contributed by atoms with Gasteiger partial charge in [0.1, 0.15) is 18.5 Å². The molecule has 6 heteroatoms. The zero-order chi connectivity index (χ0) is 18.6. The van der Waals surface area contributed by atoms with Gasteiger partial charge in [-0.25, -0.2) is 0 Å². The van der Waals surface area contributed by atoms with E-state index in [1.807, 2.05) is 59.4 Å². The van der Waals surface area contributed by atoms with Crippen LogP contribution >= 0.6 is 0 Å². The second-order valence-electron chi connectivity index (χ2n) is 6.38. The van der Waals surface area contributed by atoms with Crippen LogP contribution in [0.3, 0.4) is 0 Å². The molecule has 0 spiro atoms. The molecule has 2 aromatic carbocycles. The number of rotatable bonds is 8. The van der Waals surface area contributed by atoms with E-state index in [4.69, 9.17) is 18.9 Å². The molecule has 6 nitrogen and oxygen atoms in total. The molecule has 140 valence electrons. The van der Waals surface area contributed by atoms with Gasteiger partial charge in [0.2, 0.25) is 0 Å². The van der Waals surface area contributed by atoms with Crippen molar-refractivity contribution >= 4 is 0 Å². The molecule has 3 aromatic rings. The van der Waals surface area contributed by atoms with Crippen molar-refractivity contribution in [1.82, 2.24) is 9.78 Å². The number of hydrogen-bond donors (Lipinski definition) is 0. The maximum Gasteiger partial charge on any atom is 0.162 e. The van der Waals surface area contributed by atoms with Gasteiger partial charge in [0.05, 0.1) is 33.1 Å². The number of ether oxygens (including phenoxy) is 4. The van der Waals surface area contributed by atoms with Crippen molar-refractivity contribution in [2.75, 3.05) is 20.8 Å². The van der Waals surface area contributed by atoms with Crippen LogP contribution in [0.15, 0.2) is 54.7 Å². The summed E-state index contributed by atoms with van der Waals surface area (Å²) in [7, 11) is 3.29. The van der Waals surface area contributed by atoms with E-state index in [0.29, 0.717) is 24.2 Å². The largest absolute Gasteiger partial charge is 0.497 e. The second-order valence-corrected chi connectivity index (χ2v) is 6.38. The molecule has 0 amide bonds. The molecule has 0 aliphatic carbocycles. The molecule has 0 N–H and O–H groups in total. The lowest BCUT2D eigenvalue weighted by atomic mass is 10.1. The van der Waals surface area contributed by atoms with Gasteiger partial charge in [0.25, 0.3) is 0 Å². The lowest BCUT2D eigenvalue weighted by Crippen LogP contribution is -2.04. The van der Waals surface area contributed by atoms with Gasteiger partial charge in [-0.05, 0) is 42.0 Å². The number of hydrogen-bond acceptors (Lipinski definition) is 5. The molecule has 1 saturated heterocycles. The maximum atomic E-state index is 6.01. The average molecular weight is 366 g/mol. The summed E-state index contributed by atoms with van der Waals surface area (Å²) in [5, 5.41) is 4.62. The molecule has 27 heavy (non-hydrogen) atoms. The fourth-order valence-electron chi connectivity index (χ4n) is 2.83. The van der Waals surface area contributed by atoms with Gasteiger partial charge < -0.3 is 18.9 Å². The van der Waals surface area contributed by atoms with Crippen molar-refractivity contribution in [3.63, 3.8) is 0 Å². The Bertz CT molecular complexity index is 901. The van der Waals surface area contributed by atoms with Crippen LogP contribution in [-0.4, -0.2) is 36.7 Å². The molecule has 1 atom stereocenters. The lowest BCUT2D eigenvalue weighted by Gasteiger charge is -2.12. The molecule has 1 fully saturated rings. The summed E-state index contributed by atoms with van der Waals surface area (Å²) >= 11 is 0. The van der Waals surface area contributed by atoms with Gasteiger partial charge in [-0.15, -0.1) is 0 Å². The predicted molar refractivity (Wildman–Crippen MR) is 101 cm³/mol. The number of methoxy groups -OCH3 is 2. The molecule has 0 saturated carbocycles. The van der Waals surface area contributed by atoms with Crippen LogP contribution in [0.25, 0.3) is 11.3 Å². The number of nitrogens with zero attached hydrogens (tertiary/aromatic N) is 2. The summed E-state index contributed by atoms with van der Waals surface area (Å²) < 4.78 is 23.8. The first kappa shape index (κ1) is 17.4. The molecule has 1 unspecified atom stereocenters. The molecule has 4 rings (SSSR count). The van der Waals surface area contributed by atoms with Gasteiger partial charge in [-0.1, -0.05) is 12.1 Å². The van der Waals surface area contributed by atoms with Gasteiger partial charge in [-0.2, -0.15) is 5.10 Å². The van der Waals surface area contributed by atoms with Crippen molar-refractivity contribution in [1.29, 1.82) is 0 Å². The first-order chi connectivity index (χ1) is 13.2. The fourth-order valence-corrected chi connectivity index (χ4v) is 2.83. The minimum absolute atomic E-state index is 0.303. The van der Waals surface area contributed by atoms with Crippen LogP contribution in [0.1, 0.15) is 5.56 Å². The van der Waals surface area contributed by atoms with Crippen LogP contribution < -0.4 is 14.2 Å². The Kier molecular flexibility index (Phi) is 4.98. The van der Waals surface area contributed by atoms with E-state index in [-0.39, 0.29) is 0 Å². The summed E-state index contributed by atoms with van der Waals surface area (Å²) in [5.41, 5.74) is 2.93. The zero-order valence-corrected chi connectivity index (χ0v) is 15.4. The number of aromatic nitrogens is 2. The standard InChI is InChI=1S/C21H22N2O4/c1-24-17-6-3-15(4-7-17)13-27-21-11-16(5-8-20(21)25-2)19-9-10-23(22-19)12-18-14-26-18/h3-11,18H,12-14H2,1-2H3. The smallest absolute Gasteiger partial charge is 0.162 e. The van der Waals surface area contributed by atoms with Gasteiger partial charge in [0.15, 0.2) is 11.5 Å². The van der Waals surface area contributed by atoms with Gasteiger partial charge in [-0.3, -0.25) is 4.68 Å². The Morgan fingerprint density at radius 2 is 1.85 bits per heavy atom. The van der Waals surface area contributed by atoms with E-state index in [9.17, 15) is 0 Å². The first-order valence-electron chi connectivity index (χ1n) is 8.84. The molecular weight excluding hydrogens is 344 g/mol. The number of benzene rings is 2. The minimum Gasteiger partial charge on any atom is -0.497 e. The third kappa shape index (κ3) is 4.23. The normalized spacial score (nSPS) is 15.4.